The molecule has 0 saturated carbocycles. The molecule has 6 rings (SSSR count). The maximum absolute atomic E-state index is 11.9. The van der Waals surface area contributed by atoms with Gasteiger partial charge in [0.2, 0.25) is 0 Å². The molecule has 4 fully saturated rings. The Hall–Kier alpha value is -1.84. The molecular weight excluding hydrogens is 396 g/mol. The van der Waals surface area contributed by atoms with E-state index in [2.05, 4.69) is 9.80 Å². The molecule has 0 radical (unpaired) electrons. The second-order valence-corrected chi connectivity index (χ2v) is 9.40. The van der Waals surface area contributed by atoms with Crippen LogP contribution in [-0.4, -0.2) is 98.7 Å². The largest absolute Gasteiger partial charge is 0.394 e. The summed E-state index contributed by atoms with van der Waals surface area (Å²) in [6.45, 7) is 1.52. The highest BCUT2D eigenvalue weighted by molar-refractivity contribution is 5.42. The lowest BCUT2D eigenvalue weighted by Gasteiger charge is -2.70. The van der Waals surface area contributed by atoms with E-state index in [1.807, 2.05) is 60.7 Å². The van der Waals surface area contributed by atoms with Crippen LogP contribution >= 0.6 is 0 Å². The molecule has 4 heterocycles. The van der Waals surface area contributed by atoms with Crippen molar-refractivity contribution in [2.24, 2.45) is 0 Å². The standard InChI is InChI=1S/C24H30N2O5/c27-11-18(28)19(29)20(30)21-25-12-23(16-7-3-1-4-8-16)13-26(21)15-24(14-25,22(23)31)17-9-5-2-6-10-17/h1-10,18-22,27-31H,11-15H2/t18-,19+,20+,21?,22?,23?,24?/m1/s1. The molecule has 0 amide bonds. The number of nitrogens with zero attached hydrogens (tertiary/aromatic N) is 2. The first-order valence-corrected chi connectivity index (χ1v) is 10.9. The Morgan fingerprint density at radius 2 is 1.19 bits per heavy atom. The van der Waals surface area contributed by atoms with Crippen LogP contribution in [0.2, 0.25) is 0 Å². The summed E-state index contributed by atoms with van der Waals surface area (Å²) in [6.07, 6.45) is -5.23. The van der Waals surface area contributed by atoms with E-state index in [1.54, 1.807) is 0 Å². The van der Waals surface area contributed by atoms with Gasteiger partial charge < -0.3 is 25.5 Å². The molecular formula is C24H30N2O5. The summed E-state index contributed by atoms with van der Waals surface area (Å²) in [5.74, 6) is 0. The summed E-state index contributed by atoms with van der Waals surface area (Å²) in [5.41, 5.74) is 1.04. The van der Waals surface area contributed by atoms with Crippen molar-refractivity contribution in [1.82, 2.24) is 9.80 Å². The smallest absolute Gasteiger partial charge is 0.111 e. The van der Waals surface area contributed by atoms with Crippen LogP contribution in [0.3, 0.4) is 0 Å². The number of aliphatic hydroxyl groups is 5. The monoisotopic (exact) mass is 426 g/mol. The van der Waals surface area contributed by atoms with Gasteiger partial charge in [0.15, 0.2) is 0 Å². The predicted molar refractivity (Wildman–Crippen MR) is 114 cm³/mol. The maximum atomic E-state index is 11.9. The Morgan fingerprint density at radius 1 is 0.774 bits per heavy atom. The first-order valence-electron chi connectivity index (χ1n) is 10.9. The van der Waals surface area contributed by atoms with Gasteiger partial charge in [-0.05, 0) is 11.1 Å². The zero-order valence-electron chi connectivity index (χ0n) is 17.3. The number of hydrogen-bond donors (Lipinski definition) is 5. The fourth-order valence-corrected chi connectivity index (χ4v) is 6.31. The van der Waals surface area contributed by atoms with Crippen molar-refractivity contribution >= 4 is 0 Å². The van der Waals surface area contributed by atoms with Gasteiger partial charge >= 0.3 is 0 Å². The Kier molecular flexibility index (Phi) is 5.18. The van der Waals surface area contributed by atoms with Gasteiger partial charge in [-0.2, -0.15) is 0 Å². The van der Waals surface area contributed by atoms with Crippen LogP contribution in [0.5, 0.6) is 0 Å². The highest BCUT2D eigenvalue weighted by Gasteiger charge is 2.67. The zero-order valence-corrected chi connectivity index (χ0v) is 17.3. The van der Waals surface area contributed by atoms with Crippen molar-refractivity contribution < 1.29 is 25.5 Å². The summed E-state index contributed by atoms with van der Waals surface area (Å²) >= 11 is 0. The number of piperidine rings is 2. The summed E-state index contributed by atoms with van der Waals surface area (Å²) in [6, 6.07) is 20.0. The van der Waals surface area contributed by atoms with Gasteiger partial charge in [-0.15, -0.1) is 0 Å². The van der Waals surface area contributed by atoms with E-state index < -0.39 is 48.0 Å². The molecule has 0 aromatic heterocycles. The topological polar surface area (TPSA) is 108 Å². The minimum Gasteiger partial charge on any atom is -0.394 e. The third-order valence-electron chi connectivity index (χ3n) is 7.67. The fraction of sp³-hybridized carbons (Fsp3) is 0.500. The van der Waals surface area contributed by atoms with E-state index in [9.17, 15) is 25.5 Å². The van der Waals surface area contributed by atoms with Crippen LogP contribution in [0.1, 0.15) is 11.1 Å². The Labute approximate surface area is 181 Å². The summed E-state index contributed by atoms with van der Waals surface area (Å²) in [7, 11) is 0. The lowest BCUT2D eigenvalue weighted by molar-refractivity contribution is -0.241. The Morgan fingerprint density at radius 3 is 1.58 bits per heavy atom. The minimum atomic E-state index is -1.46. The van der Waals surface area contributed by atoms with Crippen molar-refractivity contribution in [2.75, 3.05) is 32.8 Å². The van der Waals surface area contributed by atoms with Crippen molar-refractivity contribution in [3.63, 3.8) is 0 Å². The van der Waals surface area contributed by atoms with Crippen LogP contribution in [0.25, 0.3) is 0 Å². The van der Waals surface area contributed by atoms with Gasteiger partial charge in [-0.1, -0.05) is 60.7 Å². The average Bonchev–Trinajstić information content (AvgIpc) is 2.81. The molecule has 0 aliphatic carbocycles. The van der Waals surface area contributed by atoms with Crippen LogP contribution < -0.4 is 0 Å². The lowest BCUT2D eigenvalue weighted by Crippen LogP contribution is -2.85. The number of benzene rings is 2. The first kappa shape index (κ1) is 21.0. The van der Waals surface area contributed by atoms with E-state index in [0.29, 0.717) is 26.2 Å². The third-order valence-corrected chi connectivity index (χ3v) is 7.67. The van der Waals surface area contributed by atoms with Gasteiger partial charge in [0, 0.05) is 37.0 Å². The molecule has 4 aliphatic rings. The van der Waals surface area contributed by atoms with Crippen molar-refractivity contribution in [2.45, 2.75) is 41.4 Å². The van der Waals surface area contributed by atoms with E-state index in [0.717, 1.165) is 11.1 Å². The molecule has 4 saturated heterocycles. The number of hydrogen-bond acceptors (Lipinski definition) is 7. The second kappa shape index (κ2) is 7.64. The Balaban J connectivity index is 1.59. The van der Waals surface area contributed by atoms with Crippen molar-refractivity contribution in [1.29, 1.82) is 0 Å². The van der Waals surface area contributed by atoms with Gasteiger partial charge in [-0.3, -0.25) is 9.80 Å². The van der Waals surface area contributed by atoms with E-state index >= 15 is 0 Å². The molecule has 5 N–H and O–H groups in total. The van der Waals surface area contributed by atoms with Gasteiger partial charge in [0.1, 0.15) is 18.3 Å². The molecule has 7 heteroatoms. The first-order chi connectivity index (χ1) is 14.9. The van der Waals surface area contributed by atoms with Crippen LogP contribution in [-0.2, 0) is 10.8 Å². The molecule has 2 aromatic rings. The van der Waals surface area contributed by atoms with Crippen LogP contribution in [0.4, 0.5) is 0 Å². The van der Waals surface area contributed by atoms with Crippen LogP contribution in [0, 0.1) is 0 Å². The van der Waals surface area contributed by atoms with Gasteiger partial charge in [-0.25, -0.2) is 0 Å². The average molecular weight is 427 g/mol. The molecule has 7 nitrogen and oxygen atoms in total. The normalized spacial score (nSPS) is 39.3. The second-order valence-electron chi connectivity index (χ2n) is 9.40. The van der Waals surface area contributed by atoms with E-state index in [-0.39, 0.29) is 0 Å². The zero-order chi connectivity index (χ0) is 21.8. The molecule has 3 atom stereocenters. The minimum absolute atomic E-state index is 0.502. The molecule has 31 heavy (non-hydrogen) atoms. The number of aliphatic hydroxyl groups excluding tert-OH is 5. The fourth-order valence-electron chi connectivity index (χ4n) is 6.31. The van der Waals surface area contributed by atoms with E-state index in [4.69, 9.17) is 0 Å². The quantitative estimate of drug-likeness (QED) is 0.415. The summed E-state index contributed by atoms with van der Waals surface area (Å²) < 4.78 is 0. The molecule has 166 valence electrons. The van der Waals surface area contributed by atoms with Crippen molar-refractivity contribution in [3.8, 4) is 0 Å². The highest BCUT2D eigenvalue weighted by atomic mass is 16.4. The molecule has 4 aliphatic heterocycles. The van der Waals surface area contributed by atoms with Crippen molar-refractivity contribution in [3.05, 3.63) is 71.8 Å². The lowest BCUT2D eigenvalue weighted by atomic mass is 9.54. The maximum Gasteiger partial charge on any atom is 0.111 e. The molecule has 2 aromatic carbocycles. The summed E-state index contributed by atoms with van der Waals surface area (Å²) in [4.78, 5) is 4.25. The number of rotatable bonds is 6. The summed E-state index contributed by atoms with van der Waals surface area (Å²) in [5, 5.41) is 52.4. The predicted octanol–water partition coefficient (Wildman–Crippen LogP) is -0.731. The Bertz CT molecular complexity index is 835. The molecule has 0 spiro atoms. The van der Waals surface area contributed by atoms with Crippen LogP contribution in [0.15, 0.2) is 60.7 Å². The van der Waals surface area contributed by atoms with Gasteiger partial charge in [0.05, 0.1) is 18.9 Å². The third kappa shape index (κ3) is 3.00. The molecule has 4 bridgehead atoms. The van der Waals surface area contributed by atoms with E-state index in [1.165, 1.54) is 0 Å². The SMILES string of the molecule is OC[C@@H](O)[C@H](O)[C@H](O)C1N2CC3(c4ccccc4)CN1CC(c1ccccc1)(C2)C3O. The van der Waals surface area contributed by atoms with Gasteiger partial charge in [0.25, 0.3) is 0 Å². The molecule has 0 unspecified atom stereocenters. The highest BCUT2D eigenvalue weighted by Crippen LogP contribution is 2.53.